The summed E-state index contributed by atoms with van der Waals surface area (Å²) in [4.78, 5) is 6.81. The number of halogens is 1. The molecule has 0 fully saturated rings. The van der Waals surface area contributed by atoms with Crippen molar-refractivity contribution < 1.29 is 5.11 Å². The van der Waals surface area contributed by atoms with E-state index < -0.39 is 0 Å². The number of benzene rings is 1. The number of aromatic hydroxyl groups is 1. The van der Waals surface area contributed by atoms with Crippen LogP contribution in [0, 0.1) is 0 Å². The van der Waals surface area contributed by atoms with Crippen molar-refractivity contribution in [3.63, 3.8) is 0 Å². The number of phenolic OH excluding ortho intramolecular Hbond substituents is 1. The van der Waals surface area contributed by atoms with E-state index in [4.69, 9.17) is 0 Å². The van der Waals surface area contributed by atoms with E-state index in [9.17, 15) is 5.11 Å². The van der Waals surface area contributed by atoms with Gasteiger partial charge in [-0.2, -0.15) is 0 Å². The van der Waals surface area contributed by atoms with Crippen LogP contribution in [-0.4, -0.2) is 15.1 Å². The molecule has 0 spiro atoms. The number of rotatable bonds is 1. The van der Waals surface area contributed by atoms with Crippen molar-refractivity contribution in [3.05, 3.63) is 35.2 Å². The summed E-state index contributed by atoms with van der Waals surface area (Å²) in [5, 5.41) is 9.59. The predicted molar refractivity (Wildman–Crippen MR) is 53.4 cm³/mol. The number of imidazole rings is 1. The molecule has 4 heteroatoms. The number of aromatic amines is 1. The number of aromatic nitrogens is 2. The molecule has 0 aliphatic rings. The molecule has 0 aliphatic heterocycles. The monoisotopic (exact) mass is 238 g/mol. The minimum absolute atomic E-state index is 0.235. The summed E-state index contributed by atoms with van der Waals surface area (Å²) in [6.45, 7) is 0. The number of H-pyrrole nitrogens is 1. The Morgan fingerprint density at radius 2 is 2.23 bits per heavy atom. The van der Waals surface area contributed by atoms with Gasteiger partial charge in [-0.05, 0) is 18.2 Å². The summed E-state index contributed by atoms with van der Waals surface area (Å²) in [6.07, 6.45) is 3.25. The van der Waals surface area contributed by atoms with Crippen LogP contribution in [0.1, 0.15) is 0 Å². The van der Waals surface area contributed by atoms with Crippen LogP contribution in [0.15, 0.2) is 35.2 Å². The molecule has 0 unspecified atom stereocenters. The van der Waals surface area contributed by atoms with E-state index >= 15 is 0 Å². The van der Waals surface area contributed by atoms with E-state index in [1.54, 1.807) is 18.6 Å². The molecule has 0 saturated heterocycles. The SMILES string of the molecule is Oc1cc(Br)ccc1-c1cnc[nH]1. The van der Waals surface area contributed by atoms with Gasteiger partial charge in [-0.1, -0.05) is 15.9 Å². The first kappa shape index (κ1) is 8.31. The highest BCUT2D eigenvalue weighted by Crippen LogP contribution is 2.29. The van der Waals surface area contributed by atoms with Gasteiger partial charge in [0.05, 0.1) is 18.2 Å². The lowest BCUT2D eigenvalue weighted by Crippen LogP contribution is -1.78. The third-order valence-corrected chi connectivity index (χ3v) is 2.24. The molecule has 1 aromatic heterocycles. The average molecular weight is 239 g/mol. The lowest BCUT2D eigenvalue weighted by molar-refractivity contribution is 0.477. The fraction of sp³-hybridized carbons (Fsp3) is 0. The Labute approximate surface area is 83.6 Å². The van der Waals surface area contributed by atoms with E-state index in [2.05, 4.69) is 25.9 Å². The molecule has 0 saturated carbocycles. The summed E-state index contributed by atoms with van der Waals surface area (Å²) in [5.74, 6) is 0.235. The number of nitrogens with zero attached hydrogens (tertiary/aromatic N) is 1. The highest BCUT2D eigenvalue weighted by atomic mass is 79.9. The first-order valence-electron chi connectivity index (χ1n) is 3.74. The van der Waals surface area contributed by atoms with Crippen LogP contribution < -0.4 is 0 Å². The number of nitrogens with one attached hydrogen (secondary N) is 1. The maximum absolute atomic E-state index is 9.59. The summed E-state index contributed by atoms with van der Waals surface area (Å²) in [5.41, 5.74) is 1.56. The predicted octanol–water partition coefficient (Wildman–Crippen LogP) is 2.54. The molecule has 13 heavy (non-hydrogen) atoms. The molecule has 1 heterocycles. The zero-order valence-corrected chi connectivity index (χ0v) is 8.25. The zero-order chi connectivity index (χ0) is 9.26. The third kappa shape index (κ3) is 1.58. The quantitative estimate of drug-likeness (QED) is 0.803. The molecule has 0 radical (unpaired) electrons. The summed E-state index contributed by atoms with van der Waals surface area (Å²) >= 11 is 3.27. The topological polar surface area (TPSA) is 48.9 Å². The molecule has 2 aromatic rings. The van der Waals surface area contributed by atoms with Crippen LogP contribution in [-0.2, 0) is 0 Å². The van der Waals surface area contributed by atoms with Crippen molar-refractivity contribution in [1.82, 2.24) is 9.97 Å². The Balaban J connectivity index is 2.53. The van der Waals surface area contributed by atoms with Gasteiger partial charge >= 0.3 is 0 Å². The molecule has 2 rings (SSSR count). The van der Waals surface area contributed by atoms with Gasteiger partial charge < -0.3 is 10.1 Å². The smallest absolute Gasteiger partial charge is 0.126 e. The molecular formula is C9H7BrN2O. The van der Waals surface area contributed by atoms with Crippen molar-refractivity contribution in [2.24, 2.45) is 0 Å². The zero-order valence-electron chi connectivity index (χ0n) is 6.66. The maximum Gasteiger partial charge on any atom is 0.126 e. The molecule has 66 valence electrons. The molecule has 1 aromatic carbocycles. The van der Waals surface area contributed by atoms with Gasteiger partial charge in [-0.3, -0.25) is 0 Å². The van der Waals surface area contributed by atoms with Crippen molar-refractivity contribution in [1.29, 1.82) is 0 Å². The Bertz CT molecular complexity index is 412. The van der Waals surface area contributed by atoms with Crippen LogP contribution in [0.25, 0.3) is 11.3 Å². The summed E-state index contributed by atoms with van der Waals surface area (Å²) < 4.78 is 0.855. The largest absolute Gasteiger partial charge is 0.507 e. The average Bonchev–Trinajstić information content (AvgIpc) is 2.56. The van der Waals surface area contributed by atoms with Crippen molar-refractivity contribution in [3.8, 4) is 17.0 Å². The van der Waals surface area contributed by atoms with Crippen LogP contribution in [0.4, 0.5) is 0 Å². The molecule has 0 atom stereocenters. The third-order valence-electron chi connectivity index (χ3n) is 1.75. The van der Waals surface area contributed by atoms with E-state index in [0.29, 0.717) is 0 Å². The maximum atomic E-state index is 9.59. The first-order valence-corrected chi connectivity index (χ1v) is 4.54. The first-order chi connectivity index (χ1) is 6.27. The number of phenols is 1. The molecule has 0 aliphatic carbocycles. The fourth-order valence-corrected chi connectivity index (χ4v) is 1.48. The Hall–Kier alpha value is -1.29. The van der Waals surface area contributed by atoms with Crippen LogP contribution >= 0.6 is 15.9 Å². The van der Waals surface area contributed by atoms with Gasteiger partial charge in [-0.25, -0.2) is 4.98 Å². The highest BCUT2D eigenvalue weighted by Gasteiger charge is 2.04. The Morgan fingerprint density at radius 1 is 1.38 bits per heavy atom. The minimum Gasteiger partial charge on any atom is -0.507 e. The molecular weight excluding hydrogens is 232 g/mol. The lowest BCUT2D eigenvalue weighted by Gasteiger charge is -2.01. The summed E-state index contributed by atoms with van der Waals surface area (Å²) in [7, 11) is 0. The van der Waals surface area contributed by atoms with Gasteiger partial charge in [0.2, 0.25) is 0 Å². The minimum atomic E-state index is 0.235. The van der Waals surface area contributed by atoms with Crippen molar-refractivity contribution in [2.45, 2.75) is 0 Å². The number of hydrogen-bond acceptors (Lipinski definition) is 2. The second-order valence-corrected chi connectivity index (χ2v) is 3.54. The van der Waals surface area contributed by atoms with Gasteiger partial charge in [0.25, 0.3) is 0 Å². The van der Waals surface area contributed by atoms with Gasteiger partial charge in [0.15, 0.2) is 0 Å². The van der Waals surface area contributed by atoms with E-state index in [1.807, 2.05) is 12.1 Å². The van der Waals surface area contributed by atoms with Crippen LogP contribution in [0.5, 0.6) is 5.75 Å². The van der Waals surface area contributed by atoms with Gasteiger partial charge in [0, 0.05) is 10.0 Å². The molecule has 0 amide bonds. The summed E-state index contributed by atoms with van der Waals surface area (Å²) in [6, 6.07) is 5.35. The van der Waals surface area contributed by atoms with Gasteiger partial charge in [-0.15, -0.1) is 0 Å². The standard InChI is InChI=1S/C9H7BrN2O/c10-6-1-2-7(9(13)3-6)8-4-11-5-12-8/h1-5,13H,(H,11,12). The highest BCUT2D eigenvalue weighted by molar-refractivity contribution is 9.10. The Kier molecular flexibility index (Phi) is 2.06. The second kappa shape index (κ2) is 3.22. The van der Waals surface area contributed by atoms with Crippen LogP contribution in [0.3, 0.4) is 0 Å². The van der Waals surface area contributed by atoms with E-state index in [-0.39, 0.29) is 5.75 Å². The normalized spacial score (nSPS) is 10.2. The van der Waals surface area contributed by atoms with E-state index in [1.165, 1.54) is 0 Å². The van der Waals surface area contributed by atoms with Gasteiger partial charge in [0.1, 0.15) is 5.75 Å². The van der Waals surface area contributed by atoms with Crippen molar-refractivity contribution >= 4 is 15.9 Å². The molecule has 0 bridgehead atoms. The molecule has 3 nitrogen and oxygen atoms in total. The second-order valence-electron chi connectivity index (χ2n) is 2.63. The molecule has 2 N–H and O–H groups in total. The lowest BCUT2D eigenvalue weighted by atomic mass is 10.1. The van der Waals surface area contributed by atoms with Crippen LogP contribution in [0.2, 0.25) is 0 Å². The van der Waals surface area contributed by atoms with Crippen molar-refractivity contribution in [2.75, 3.05) is 0 Å². The van der Waals surface area contributed by atoms with E-state index in [0.717, 1.165) is 15.7 Å². The Morgan fingerprint density at radius 3 is 2.85 bits per heavy atom. The fourth-order valence-electron chi connectivity index (χ4n) is 1.14. The number of hydrogen-bond donors (Lipinski definition) is 2.